The van der Waals surface area contributed by atoms with Crippen LogP contribution in [0.15, 0.2) is 67.0 Å². The molecule has 0 fully saturated rings. The first-order valence-electron chi connectivity index (χ1n) is 13.1. The van der Waals surface area contributed by atoms with Gasteiger partial charge >= 0.3 is 0 Å². The van der Waals surface area contributed by atoms with Gasteiger partial charge in [0, 0.05) is 6.42 Å². The van der Waals surface area contributed by atoms with Gasteiger partial charge < -0.3 is 9.90 Å². The molecule has 34 heavy (non-hydrogen) atoms. The molecular formula is C30H40N2O2. The van der Waals surface area contributed by atoms with Crippen molar-refractivity contribution in [2.45, 2.75) is 90.6 Å². The number of aromatic carboxylic acids is 1. The van der Waals surface area contributed by atoms with E-state index in [0.717, 1.165) is 25.1 Å². The van der Waals surface area contributed by atoms with Gasteiger partial charge in [-0.1, -0.05) is 119 Å². The molecule has 0 aliphatic carbocycles. The molecular weight excluding hydrogens is 420 g/mol. The lowest BCUT2D eigenvalue weighted by Gasteiger charge is -2.08. The molecule has 0 amide bonds. The first-order chi connectivity index (χ1) is 16.7. The lowest BCUT2D eigenvalue weighted by atomic mass is 10.1. The molecule has 3 aromatic rings. The molecule has 182 valence electrons. The molecule has 0 spiro atoms. The molecule has 0 radical (unpaired) electrons. The molecule has 0 aliphatic rings. The highest BCUT2D eigenvalue weighted by atomic mass is 16.4. The van der Waals surface area contributed by atoms with Crippen LogP contribution in [0, 0.1) is 0 Å². The summed E-state index contributed by atoms with van der Waals surface area (Å²) in [5.74, 6) is 0.197. The van der Waals surface area contributed by atoms with Crippen LogP contribution in [0.2, 0.25) is 0 Å². The highest BCUT2D eigenvalue weighted by molar-refractivity contribution is 5.85. The number of carbonyl (C=O) groups is 1. The van der Waals surface area contributed by atoms with E-state index in [0.29, 0.717) is 0 Å². The van der Waals surface area contributed by atoms with E-state index in [1.54, 1.807) is 12.1 Å². The number of imidazole rings is 1. The summed E-state index contributed by atoms with van der Waals surface area (Å²) in [5.41, 5.74) is 2.62. The average Bonchev–Trinajstić information content (AvgIpc) is 3.22. The predicted octanol–water partition coefficient (Wildman–Crippen LogP) is 5.70. The van der Waals surface area contributed by atoms with Gasteiger partial charge in [0.15, 0.2) is 0 Å². The molecule has 0 unspecified atom stereocenters. The van der Waals surface area contributed by atoms with E-state index in [1.165, 1.54) is 75.6 Å². The second-order valence-corrected chi connectivity index (χ2v) is 9.37. The number of nitrogens with zero attached hydrogens (tertiary/aromatic N) is 2. The van der Waals surface area contributed by atoms with E-state index >= 15 is 0 Å². The van der Waals surface area contributed by atoms with Gasteiger partial charge in [0.05, 0.1) is 5.97 Å². The summed E-state index contributed by atoms with van der Waals surface area (Å²) in [6.45, 7) is 3.87. The smallest absolute Gasteiger partial charge is 0.256 e. The first kappa shape index (κ1) is 25.7. The van der Waals surface area contributed by atoms with Crippen LogP contribution in [0.1, 0.15) is 98.4 Å². The van der Waals surface area contributed by atoms with Crippen LogP contribution >= 0.6 is 0 Å². The standard InChI is InChI=1S/C30H40N2O2/c1-2-3-4-5-6-7-8-9-10-14-17-29-31(24-26-15-12-11-13-16-26)22-23-32(29)25-27-18-20-28(21-19-27)30(33)34/h11-13,15-16,18-23H,2-10,14,17,24-25H2,1H3. The van der Waals surface area contributed by atoms with Crippen molar-refractivity contribution in [1.29, 1.82) is 0 Å². The molecule has 0 N–H and O–H groups in total. The normalized spacial score (nSPS) is 11.1. The number of carbonyl (C=O) groups excluding carboxylic acids is 1. The van der Waals surface area contributed by atoms with E-state index in [1.807, 2.05) is 12.1 Å². The number of rotatable bonds is 16. The Morgan fingerprint density at radius 3 is 2.03 bits per heavy atom. The Balaban J connectivity index is 1.57. The lowest BCUT2D eigenvalue weighted by Crippen LogP contribution is -2.38. The lowest BCUT2D eigenvalue weighted by molar-refractivity contribution is -0.695. The predicted molar refractivity (Wildman–Crippen MR) is 136 cm³/mol. The molecule has 1 aromatic heterocycles. The van der Waals surface area contributed by atoms with Gasteiger partial charge in [-0.25, -0.2) is 9.13 Å². The van der Waals surface area contributed by atoms with Gasteiger partial charge in [-0.15, -0.1) is 0 Å². The minimum Gasteiger partial charge on any atom is -0.545 e. The van der Waals surface area contributed by atoms with Gasteiger partial charge in [-0.2, -0.15) is 0 Å². The number of hydrogen-bond donors (Lipinski definition) is 0. The van der Waals surface area contributed by atoms with Crippen molar-refractivity contribution in [3.8, 4) is 0 Å². The summed E-state index contributed by atoms with van der Waals surface area (Å²) < 4.78 is 4.67. The van der Waals surface area contributed by atoms with Crippen LogP contribution in [0.3, 0.4) is 0 Å². The van der Waals surface area contributed by atoms with Gasteiger partial charge in [0.1, 0.15) is 25.5 Å². The zero-order chi connectivity index (χ0) is 24.0. The van der Waals surface area contributed by atoms with Crippen LogP contribution in [0.25, 0.3) is 0 Å². The monoisotopic (exact) mass is 460 g/mol. The zero-order valence-corrected chi connectivity index (χ0v) is 20.8. The van der Waals surface area contributed by atoms with Crippen LogP contribution in [0.4, 0.5) is 0 Å². The average molecular weight is 461 g/mol. The molecule has 0 bridgehead atoms. The van der Waals surface area contributed by atoms with Gasteiger partial charge in [-0.3, -0.25) is 0 Å². The molecule has 0 saturated heterocycles. The topological polar surface area (TPSA) is 48.9 Å². The van der Waals surface area contributed by atoms with Gasteiger partial charge in [0.25, 0.3) is 5.82 Å². The number of hydrogen-bond acceptors (Lipinski definition) is 2. The molecule has 2 aromatic carbocycles. The number of carboxylic acids is 1. The molecule has 4 nitrogen and oxygen atoms in total. The maximum absolute atomic E-state index is 11.1. The summed E-state index contributed by atoms with van der Waals surface area (Å²) in [4.78, 5) is 11.1. The van der Waals surface area contributed by atoms with Gasteiger partial charge in [0.2, 0.25) is 0 Å². The molecule has 3 rings (SSSR count). The first-order valence-corrected chi connectivity index (χ1v) is 13.1. The van der Waals surface area contributed by atoms with Gasteiger partial charge in [-0.05, 0) is 23.1 Å². The Morgan fingerprint density at radius 2 is 1.41 bits per heavy atom. The Bertz CT molecular complexity index is 977. The largest absolute Gasteiger partial charge is 0.545 e. The number of benzene rings is 2. The van der Waals surface area contributed by atoms with Crippen molar-refractivity contribution in [2.75, 3.05) is 0 Å². The van der Waals surface area contributed by atoms with Crippen molar-refractivity contribution in [2.24, 2.45) is 0 Å². The third-order valence-electron chi connectivity index (χ3n) is 6.58. The van der Waals surface area contributed by atoms with Crippen LogP contribution in [-0.2, 0) is 19.5 Å². The number of unbranched alkanes of at least 4 members (excludes halogenated alkanes) is 9. The Morgan fingerprint density at radius 1 is 0.794 bits per heavy atom. The van der Waals surface area contributed by atoms with Crippen LogP contribution < -0.4 is 9.67 Å². The van der Waals surface area contributed by atoms with Crippen molar-refractivity contribution in [3.63, 3.8) is 0 Å². The van der Waals surface area contributed by atoms with Crippen molar-refractivity contribution >= 4 is 5.97 Å². The van der Waals surface area contributed by atoms with Crippen LogP contribution in [0.5, 0.6) is 0 Å². The number of aromatic nitrogens is 2. The van der Waals surface area contributed by atoms with E-state index in [9.17, 15) is 9.90 Å². The highest BCUT2D eigenvalue weighted by Crippen LogP contribution is 2.14. The molecule has 1 heterocycles. The Labute approximate surface area is 205 Å². The minimum absolute atomic E-state index is 0.223. The summed E-state index contributed by atoms with van der Waals surface area (Å²) in [5, 5.41) is 11.1. The third kappa shape index (κ3) is 8.48. The fraction of sp³-hybridized carbons (Fsp3) is 0.467. The maximum atomic E-state index is 11.1. The third-order valence-corrected chi connectivity index (χ3v) is 6.58. The van der Waals surface area contributed by atoms with Crippen molar-refractivity contribution < 1.29 is 14.5 Å². The van der Waals surface area contributed by atoms with E-state index in [2.05, 4.69) is 58.8 Å². The summed E-state index contributed by atoms with van der Waals surface area (Å²) in [6.07, 6.45) is 18.7. The van der Waals surface area contributed by atoms with Crippen molar-refractivity contribution in [3.05, 3.63) is 89.5 Å². The molecule has 0 aliphatic heterocycles. The van der Waals surface area contributed by atoms with Crippen LogP contribution in [-0.4, -0.2) is 10.5 Å². The Hall–Kier alpha value is -2.88. The fourth-order valence-corrected chi connectivity index (χ4v) is 4.57. The highest BCUT2D eigenvalue weighted by Gasteiger charge is 2.17. The molecule has 0 saturated carbocycles. The minimum atomic E-state index is -1.13. The van der Waals surface area contributed by atoms with E-state index in [4.69, 9.17) is 0 Å². The van der Waals surface area contributed by atoms with E-state index in [-0.39, 0.29) is 5.56 Å². The second kappa shape index (κ2) is 14.4. The quantitative estimate of drug-likeness (QED) is 0.203. The molecule has 0 atom stereocenters. The second-order valence-electron chi connectivity index (χ2n) is 9.37. The fourth-order valence-electron chi connectivity index (χ4n) is 4.57. The van der Waals surface area contributed by atoms with E-state index < -0.39 is 5.97 Å². The Kier molecular flexibility index (Phi) is 10.9. The maximum Gasteiger partial charge on any atom is 0.256 e. The summed E-state index contributed by atoms with van der Waals surface area (Å²) in [6, 6.07) is 17.6. The summed E-state index contributed by atoms with van der Waals surface area (Å²) in [7, 11) is 0. The zero-order valence-electron chi connectivity index (χ0n) is 20.8. The SMILES string of the molecule is CCCCCCCCCCCCc1n(Cc2ccc(C(=O)[O-])cc2)cc[n+]1Cc1ccccc1. The molecule has 4 heteroatoms. The summed E-state index contributed by atoms with van der Waals surface area (Å²) >= 11 is 0. The number of carboxylic acid groups (broad SMARTS) is 1. The van der Waals surface area contributed by atoms with Crippen molar-refractivity contribution in [1.82, 2.24) is 4.57 Å².